The number of amides is 1. The Morgan fingerprint density at radius 3 is 2.18 bits per heavy atom. The molecule has 5 heteroatoms. The minimum atomic E-state index is -0.505. The van der Waals surface area contributed by atoms with Gasteiger partial charge in [0.15, 0.2) is 0 Å². The lowest BCUT2D eigenvalue weighted by Crippen LogP contribution is -2.11. The van der Waals surface area contributed by atoms with E-state index in [9.17, 15) is 4.79 Å². The predicted molar refractivity (Wildman–Crippen MR) is 89.0 cm³/mol. The lowest BCUT2D eigenvalue weighted by atomic mass is 10.1. The van der Waals surface area contributed by atoms with Crippen LogP contribution < -0.4 is 5.32 Å². The summed E-state index contributed by atoms with van der Waals surface area (Å²) < 4.78 is 9.25. The number of nitrogens with zero attached hydrogens (tertiary/aromatic N) is 1. The molecule has 0 unspecified atom stereocenters. The highest BCUT2D eigenvalue weighted by Gasteiger charge is 2.18. The zero-order chi connectivity index (χ0) is 15.4. The zero-order valence-corrected chi connectivity index (χ0v) is 12.8. The highest BCUT2D eigenvalue weighted by atomic mass is 32.1. The molecule has 1 amide bonds. The van der Waals surface area contributed by atoms with E-state index >= 15 is 0 Å². The standard InChI is InChI=1S/C17H14N2O2S/c1-21-17(20)18-15-14(12-8-4-2-5-9-12)19-22-16(15)13-10-6-3-7-11-13/h2-11H,1H3,(H,18,20). The molecule has 0 radical (unpaired) electrons. The molecule has 0 aliphatic carbocycles. The number of ether oxygens (including phenoxy) is 1. The van der Waals surface area contributed by atoms with Crippen LogP contribution in [0.2, 0.25) is 0 Å². The van der Waals surface area contributed by atoms with Crippen molar-refractivity contribution in [2.45, 2.75) is 0 Å². The summed E-state index contributed by atoms with van der Waals surface area (Å²) in [5.41, 5.74) is 3.38. The van der Waals surface area contributed by atoms with Crippen LogP contribution in [-0.4, -0.2) is 17.6 Å². The van der Waals surface area contributed by atoms with Gasteiger partial charge < -0.3 is 4.74 Å². The predicted octanol–water partition coefficient (Wildman–Crippen LogP) is 4.66. The van der Waals surface area contributed by atoms with Crippen LogP contribution in [0, 0.1) is 0 Å². The molecule has 3 aromatic rings. The molecule has 0 bridgehead atoms. The Balaban J connectivity index is 2.12. The van der Waals surface area contributed by atoms with Crippen LogP contribution in [0.5, 0.6) is 0 Å². The average Bonchev–Trinajstić information content (AvgIpc) is 3.00. The number of nitrogens with one attached hydrogen (secondary N) is 1. The van der Waals surface area contributed by atoms with E-state index in [2.05, 4.69) is 9.69 Å². The quantitative estimate of drug-likeness (QED) is 0.765. The van der Waals surface area contributed by atoms with E-state index in [0.717, 1.165) is 21.7 Å². The van der Waals surface area contributed by atoms with Crippen LogP contribution in [0.15, 0.2) is 60.7 Å². The molecule has 0 aliphatic heterocycles. The van der Waals surface area contributed by atoms with Crippen molar-refractivity contribution in [1.29, 1.82) is 0 Å². The first-order valence-electron chi connectivity index (χ1n) is 6.75. The number of hydrogen-bond acceptors (Lipinski definition) is 4. The molecule has 0 saturated heterocycles. The maximum absolute atomic E-state index is 11.7. The Labute approximate surface area is 132 Å². The van der Waals surface area contributed by atoms with Crippen molar-refractivity contribution in [2.75, 3.05) is 12.4 Å². The van der Waals surface area contributed by atoms with Gasteiger partial charge in [-0.3, -0.25) is 5.32 Å². The first-order valence-corrected chi connectivity index (χ1v) is 7.52. The Kier molecular flexibility index (Phi) is 4.16. The molecule has 0 aliphatic rings. The van der Waals surface area contributed by atoms with Crippen LogP contribution in [0.25, 0.3) is 21.7 Å². The fourth-order valence-electron chi connectivity index (χ4n) is 2.14. The third kappa shape index (κ3) is 2.84. The van der Waals surface area contributed by atoms with Gasteiger partial charge in [-0.25, -0.2) is 4.79 Å². The second-order valence-corrected chi connectivity index (χ2v) is 5.36. The molecule has 22 heavy (non-hydrogen) atoms. The number of aromatic nitrogens is 1. The van der Waals surface area contributed by atoms with E-state index < -0.39 is 6.09 Å². The van der Waals surface area contributed by atoms with Gasteiger partial charge in [-0.2, -0.15) is 4.37 Å². The molecular weight excluding hydrogens is 296 g/mol. The first-order chi connectivity index (χ1) is 10.8. The van der Waals surface area contributed by atoms with Crippen molar-refractivity contribution >= 4 is 23.3 Å². The molecule has 1 heterocycles. The van der Waals surface area contributed by atoms with E-state index in [1.54, 1.807) is 0 Å². The second-order valence-electron chi connectivity index (χ2n) is 4.58. The van der Waals surface area contributed by atoms with E-state index in [-0.39, 0.29) is 0 Å². The minimum Gasteiger partial charge on any atom is -0.453 e. The van der Waals surface area contributed by atoms with Crippen molar-refractivity contribution in [3.05, 3.63) is 60.7 Å². The smallest absolute Gasteiger partial charge is 0.411 e. The third-order valence-corrected chi connectivity index (χ3v) is 4.08. The van der Waals surface area contributed by atoms with E-state index in [1.165, 1.54) is 18.6 Å². The highest BCUT2D eigenvalue weighted by Crippen LogP contribution is 2.39. The monoisotopic (exact) mass is 310 g/mol. The summed E-state index contributed by atoms with van der Waals surface area (Å²) in [6, 6.07) is 19.6. The molecule has 4 nitrogen and oxygen atoms in total. The van der Waals surface area contributed by atoms with Gasteiger partial charge in [-0.05, 0) is 17.1 Å². The summed E-state index contributed by atoms with van der Waals surface area (Å²) in [5, 5.41) is 2.79. The fraction of sp³-hybridized carbons (Fsp3) is 0.0588. The number of methoxy groups -OCH3 is 1. The van der Waals surface area contributed by atoms with E-state index in [4.69, 9.17) is 4.74 Å². The summed E-state index contributed by atoms with van der Waals surface area (Å²) in [4.78, 5) is 12.6. The number of carbonyl (C=O) groups is 1. The number of rotatable bonds is 3. The van der Waals surface area contributed by atoms with Crippen LogP contribution in [-0.2, 0) is 4.74 Å². The van der Waals surface area contributed by atoms with Gasteiger partial charge in [0.05, 0.1) is 17.7 Å². The first kappa shape index (κ1) is 14.3. The number of anilines is 1. The van der Waals surface area contributed by atoms with Gasteiger partial charge in [0.25, 0.3) is 0 Å². The van der Waals surface area contributed by atoms with Crippen LogP contribution in [0.4, 0.5) is 10.5 Å². The van der Waals surface area contributed by atoms with Crippen molar-refractivity contribution in [1.82, 2.24) is 4.37 Å². The molecule has 0 fully saturated rings. The summed E-state index contributed by atoms with van der Waals surface area (Å²) in [6.07, 6.45) is -0.505. The van der Waals surface area contributed by atoms with Gasteiger partial charge in [-0.1, -0.05) is 60.7 Å². The summed E-state index contributed by atoms with van der Waals surface area (Å²) in [7, 11) is 1.35. The van der Waals surface area contributed by atoms with Crippen molar-refractivity contribution < 1.29 is 9.53 Å². The summed E-state index contributed by atoms with van der Waals surface area (Å²) >= 11 is 1.36. The SMILES string of the molecule is COC(=O)Nc1c(-c2ccccc2)nsc1-c1ccccc1. The van der Waals surface area contributed by atoms with Crippen molar-refractivity contribution in [3.63, 3.8) is 0 Å². The molecule has 2 aromatic carbocycles. The Hall–Kier alpha value is -2.66. The van der Waals surface area contributed by atoms with Crippen LogP contribution >= 0.6 is 11.5 Å². The Bertz CT molecular complexity index is 713. The maximum atomic E-state index is 11.7. The minimum absolute atomic E-state index is 0.505. The molecule has 0 spiro atoms. The third-order valence-electron chi connectivity index (χ3n) is 3.19. The molecule has 0 saturated carbocycles. The second kappa shape index (κ2) is 6.41. The normalized spacial score (nSPS) is 10.2. The number of benzene rings is 2. The van der Waals surface area contributed by atoms with Crippen LogP contribution in [0.3, 0.4) is 0 Å². The van der Waals surface area contributed by atoms with Crippen molar-refractivity contribution in [3.8, 4) is 21.7 Å². The number of carbonyl (C=O) groups excluding carboxylic acids is 1. The fourth-order valence-corrected chi connectivity index (χ4v) is 3.00. The van der Waals surface area contributed by atoms with Gasteiger partial charge in [0.2, 0.25) is 0 Å². The Morgan fingerprint density at radius 1 is 1.00 bits per heavy atom. The zero-order valence-electron chi connectivity index (χ0n) is 11.9. The Morgan fingerprint density at radius 2 is 1.59 bits per heavy atom. The van der Waals surface area contributed by atoms with Gasteiger partial charge in [-0.15, -0.1) is 0 Å². The van der Waals surface area contributed by atoms with Gasteiger partial charge >= 0.3 is 6.09 Å². The van der Waals surface area contributed by atoms with Gasteiger partial charge in [0, 0.05) is 5.56 Å². The maximum Gasteiger partial charge on any atom is 0.411 e. The topological polar surface area (TPSA) is 51.2 Å². The molecule has 110 valence electrons. The molecule has 1 N–H and O–H groups in total. The summed E-state index contributed by atoms with van der Waals surface area (Å²) in [6.45, 7) is 0. The largest absolute Gasteiger partial charge is 0.453 e. The van der Waals surface area contributed by atoms with E-state index in [0.29, 0.717) is 5.69 Å². The van der Waals surface area contributed by atoms with Gasteiger partial charge in [0.1, 0.15) is 5.69 Å². The molecular formula is C17H14N2O2S. The lowest BCUT2D eigenvalue weighted by Gasteiger charge is -2.07. The molecule has 0 atom stereocenters. The van der Waals surface area contributed by atoms with E-state index in [1.807, 2.05) is 60.7 Å². The summed E-state index contributed by atoms with van der Waals surface area (Å²) in [5.74, 6) is 0. The highest BCUT2D eigenvalue weighted by molar-refractivity contribution is 7.10. The van der Waals surface area contributed by atoms with Crippen LogP contribution in [0.1, 0.15) is 0 Å². The average molecular weight is 310 g/mol. The molecule has 1 aromatic heterocycles. The molecule has 3 rings (SSSR count). The lowest BCUT2D eigenvalue weighted by molar-refractivity contribution is 0.187. The van der Waals surface area contributed by atoms with Crippen molar-refractivity contribution in [2.24, 2.45) is 0 Å². The number of hydrogen-bond donors (Lipinski definition) is 1.